The number of carbonyl (C=O) groups is 1. The molecule has 9 nitrogen and oxygen atoms in total. The van der Waals surface area contributed by atoms with E-state index in [9.17, 15) is 18.0 Å². The molecule has 3 heterocycles. The van der Waals surface area contributed by atoms with Gasteiger partial charge in [-0.1, -0.05) is 18.2 Å². The van der Waals surface area contributed by atoms with Crippen molar-refractivity contribution < 1.29 is 27.3 Å². The second-order valence-electron chi connectivity index (χ2n) is 9.92. The lowest BCUT2D eigenvalue weighted by molar-refractivity contribution is 0.00578. The van der Waals surface area contributed by atoms with Gasteiger partial charge in [-0.05, 0) is 59.2 Å². The van der Waals surface area contributed by atoms with Crippen molar-refractivity contribution in [3.8, 4) is 0 Å². The summed E-state index contributed by atoms with van der Waals surface area (Å²) in [6.45, 7) is 11.3. The average Bonchev–Trinajstić information content (AvgIpc) is 3.28. The van der Waals surface area contributed by atoms with Crippen LogP contribution in [0.1, 0.15) is 61.9 Å². The first-order valence-corrected chi connectivity index (χ1v) is 13.1. The summed E-state index contributed by atoms with van der Waals surface area (Å²) in [6, 6.07) is 7.96. The number of nitrogens with zero attached hydrogens (tertiary/aromatic N) is 2. The molecule has 1 N–H and O–H groups in total. The Morgan fingerprint density at radius 2 is 1.75 bits per heavy atom. The first-order valence-electron chi connectivity index (χ1n) is 11.7. The highest BCUT2D eigenvalue weighted by Gasteiger charge is 2.54. The van der Waals surface area contributed by atoms with Crippen LogP contribution in [-0.2, 0) is 24.1 Å². The van der Waals surface area contributed by atoms with Crippen LogP contribution in [0.5, 0.6) is 0 Å². The molecule has 0 aliphatic carbocycles. The molecule has 190 valence electrons. The summed E-state index contributed by atoms with van der Waals surface area (Å²) < 4.78 is 41.5. The van der Waals surface area contributed by atoms with Crippen molar-refractivity contribution in [3.63, 3.8) is 0 Å². The largest absolute Gasteiger partial charge is 0.497 e. The zero-order valence-electron chi connectivity index (χ0n) is 21.5. The van der Waals surface area contributed by atoms with Crippen molar-refractivity contribution in [1.29, 1.82) is 0 Å². The van der Waals surface area contributed by atoms with Crippen molar-refractivity contribution in [1.82, 2.24) is 14.2 Å². The van der Waals surface area contributed by atoms with Gasteiger partial charge in [-0.3, -0.25) is 4.79 Å². The van der Waals surface area contributed by atoms with E-state index in [0.717, 1.165) is 3.97 Å². The summed E-state index contributed by atoms with van der Waals surface area (Å²) >= 11 is 0. The number of hydrogen-bond acceptors (Lipinski definition) is 7. The molecular weight excluding hydrogens is 481 g/mol. The Balaban J connectivity index is 2.03. The molecule has 0 bridgehead atoms. The van der Waals surface area contributed by atoms with E-state index in [-0.39, 0.29) is 28.5 Å². The minimum atomic E-state index is -4.30. The summed E-state index contributed by atoms with van der Waals surface area (Å²) in [5.74, 6) is 1.27. The Hall–Kier alpha value is -3.11. The third-order valence-electron chi connectivity index (χ3n) is 6.96. The standard InChI is InChI=1S/C25H30BN3O6S/c1-8-27-23(31)19-13-17-18(26-34-24(3,4)25(5,6)35-26)14-28(7)20(15-30)22(17)29(19)36(32,33)21-12-10-9-11-16(21)2/h9-14H,8H2,1-7H3,(H,27,31). The summed E-state index contributed by atoms with van der Waals surface area (Å²) in [4.78, 5) is 26.8. The quantitative estimate of drug-likeness (QED) is 0.486. The van der Waals surface area contributed by atoms with Gasteiger partial charge in [0.25, 0.3) is 15.9 Å². The maximum absolute atomic E-state index is 14.1. The van der Waals surface area contributed by atoms with Gasteiger partial charge in [0.05, 0.1) is 21.8 Å². The van der Waals surface area contributed by atoms with E-state index in [4.69, 9.17) is 9.31 Å². The normalized spacial score (nSPS) is 18.5. The second kappa shape index (κ2) is 8.78. The van der Waals surface area contributed by atoms with Gasteiger partial charge in [-0.2, -0.15) is 0 Å². The summed E-state index contributed by atoms with van der Waals surface area (Å²) in [5.41, 5.74) is -0.0909. The molecule has 1 fully saturated rings. The minimum absolute atomic E-state index is 0.0218. The van der Waals surface area contributed by atoms with E-state index in [1.165, 1.54) is 17.0 Å². The number of rotatable bonds is 5. The molecule has 4 rings (SSSR count). The van der Waals surface area contributed by atoms with Gasteiger partial charge < -0.3 is 19.5 Å². The van der Waals surface area contributed by atoms with E-state index >= 15 is 0 Å². The molecule has 1 saturated heterocycles. The summed E-state index contributed by atoms with van der Waals surface area (Å²) in [7, 11) is -3.55. The fourth-order valence-corrected chi connectivity index (χ4v) is 6.07. The van der Waals surface area contributed by atoms with Gasteiger partial charge in [0.15, 0.2) is 11.6 Å². The zero-order valence-corrected chi connectivity index (χ0v) is 22.3. The topological polar surface area (TPSA) is 107 Å². The van der Waals surface area contributed by atoms with Crippen molar-refractivity contribution in [2.75, 3.05) is 13.6 Å². The van der Waals surface area contributed by atoms with Crippen LogP contribution in [0, 0.1) is 6.92 Å². The number of benzene rings is 1. The predicted octanol–water partition coefficient (Wildman–Crippen LogP) is 2.87. The molecule has 0 unspecified atom stereocenters. The van der Waals surface area contributed by atoms with Crippen molar-refractivity contribution in [2.45, 2.75) is 57.6 Å². The lowest BCUT2D eigenvalue weighted by Crippen LogP contribution is -2.41. The SMILES string of the molecule is CCNC(=O)c1cc2c(n1S(=O)(=O)c1ccccc1C)C(=C=O)N(C)C=C2B1OC(C)(C)C(C)(C)O1. The van der Waals surface area contributed by atoms with Crippen LogP contribution in [0.4, 0.5) is 0 Å². The summed E-state index contributed by atoms with van der Waals surface area (Å²) in [6.07, 6.45) is 1.65. The van der Waals surface area contributed by atoms with Gasteiger partial charge in [-0.15, -0.1) is 0 Å². The van der Waals surface area contributed by atoms with Gasteiger partial charge in [0, 0.05) is 30.8 Å². The zero-order chi connectivity index (χ0) is 26.6. The van der Waals surface area contributed by atoms with Crippen molar-refractivity contribution in [2.24, 2.45) is 0 Å². The van der Waals surface area contributed by atoms with Crippen molar-refractivity contribution in [3.05, 3.63) is 59.0 Å². The smallest absolute Gasteiger partial charge is 0.399 e. The Morgan fingerprint density at radius 1 is 1.14 bits per heavy atom. The highest BCUT2D eigenvalue weighted by atomic mass is 32.2. The molecule has 1 aromatic heterocycles. The van der Waals surface area contributed by atoms with Crippen LogP contribution >= 0.6 is 0 Å². The predicted molar refractivity (Wildman–Crippen MR) is 137 cm³/mol. The molecule has 0 radical (unpaired) electrons. The van der Waals surface area contributed by atoms with Gasteiger partial charge >= 0.3 is 7.12 Å². The first kappa shape index (κ1) is 26.0. The third kappa shape index (κ3) is 3.92. The van der Waals surface area contributed by atoms with E-state index in [1.54, 1.807) is 45.3 Å². The Morgan fingerprint density at radius 3 is 2.31 bits per heavy atom. The van der Waals surface area contributed by atoms with E-state index < -0.39 is 34.3 Å². The lowest BCUT2D eigenvalue weighted by Gasteiger charge is -2.32. The number of hydrogen-bond donors (Lipinski definition) is 1. The summed E-state index contributed by atoms with van der Waals surface area (Å²) in [5, 5.41) is 2.68. The van der Waals surface area contributed by atoms with Crippen LogP contribution in [0.25, 0.3) is 11.2 Å². The molecule has 36 heavy (non-hydrogen) atoms. The number of aryl methyl sites for hydroxylation is 1. The maximum atomic E-state index is 14.1. The van der Waals surface area contributed by atoms with Crippen LogP contribution in [0.15, 0.2) is 41.4 Å². The second-order valence-corrected chi connectivity index (χ2v) is 11.7. The number of aromatic nitrogens is 1. The number of amides is 1. The number of nitrogens with one attached hydrogen (secondary N) is 1. The molecule has 2 aliphatic rings. The average molecular weight is 511 g/mol. The monoisotopic (exact) mass is 511 g/mol. The van der Waals surface area contributed by atoms with Gasteiger partial charge in [0.2, 0.25) is 0 Å². The van der Waals surface area contributed by atoms with E-state index in [2.05, 4.69) is 5.32 Å². The number of carbonyl (C=O) groups excluding carboxylic acids is 2. The molecule has 11 heteroatoms. The fraction of sp³-hybridized carbons (Fsp3) is 0.400. The van der Waals surface area contributed by atoms with Crippen molar-refractivity contribution >= 4 is 40.2 Å². The first-order chi connectivity index (χ1) is 16.8. The molecule has 0 atom stereocenters. The highest BCUT2D eigenvalue weighted by molar-refractivity contribution is 7.90. The lowest BCUT2D eigenvalue weighted by atomic mass is 9.73. The maximum Gasteiger partial charge on any atom is 0.497 e. The van der Waals surface area contributed by atoms with E-state index in [1.807, 2.05) is 33.6 Å². The minimum Gasteiger partial charge on any atom is -0.399 e. The van der Waals surface area contributed by atoms with Crippen LogP contribution in [-0.4, -0.2) is 61.1 Å². The number of fused-ring (bicyclic) bond motifs is 1. The molecular formula is C25H30BN3O6S. The Kier molecular flexibility index (Phi) is 6.33. The third-order valence-corrected chi connectivity index (χ3v) is 8.84. The van der Waals surface area contributed by atoms with Gasteiger partial charge in [0.1, 0.15) is 5.69 Å². The molecule has 0 saturated carbocycles. The van der Waals surface area contributed by atoms with Gasteiger partial charge in [-0.25, -0.2) is 17.2 Å². The van der Waals surface area contributed by atoms with Crippen LogP contribution in [0.3, 0.4) is 0 Å². The molecule has 1 aromatic carbocycles. The Bertz CT molecular complexity index is 1420. The molecule has 2 aromatic rings. The molecule has 2 aliphatic heterocycles. The van der Waals surface area contributed by atoms with Crippen LogP contribution in [0.2, 0.25) is 0 Å². The molecule has 1 amide bonds. The highest BCUT2D eigenvalue weighted by Crippen LogP contribution is 2.44. The fourth-order valence-electron chi connectivity index (χ4n) is 4.33. The molecule has 0 spiro atoms. The van der Waals surface area contributed by atoms with Crippen LogP contribution < -0.4 is 5.32 Å². The van der Waals surface area contributed by atoms with E-state index in [0.29, 0.717) is 16.6 Å². The Labute approximate surface area is 212 Å².